The summed E-state index contributed by atoms with van der Waals surface area (Å²) in [6.07, 6.45) is 1.19. The minimum Gasteiger partial charge on any atom is -0.312 e. The normalized spacial score (nSPS) is 13.0. The highest BCUT2D eigenvalue weighted by atomic mass is 35.5. The molecule has 0 fully saturated rings. The molecule has 0 saturated carbocycles. The molecule has 18 heavy (non-hydrogen) atoms. The van der Waals surface area contributed by atoms with Gasteiger partial charge in [-0.15, -0.1) is 11.8 Å². The molecule has 1 aromatic rings. The molecule has 3 heteroatoms. The molecule has 0 heterocycles. The first-order chi connectivity index (χ1) is 8.52. The maximum atomic E-state index is 6.09. The molecule has 0 amide bonds. The summed E-state index contributed by atoms with van der Waals surface area (Å²) in [5, 5.41) is 4.96. The van der Waals surface area contributed by atoms with Crippen molar-refractivity contribution in [2.75, 3.05) is 6.54 Å². The average molecular weight is 286 g/mol. The molecule has 1 rings (SSSR count). The fourth-order valence-corrected chi connectivity index (χ4v) is 2.82. The van der Waals surface area contributed by atoms with Crippen LogP contribution in [0.3, 0.4) is 0 Å². The third kappa shape index (κ3) is 5.64. The molecule has 0 saturated heterocycles. The molecule has 0 bridgehead atoms. The number of halogens is 1. The van der Waals surface area contributed by atoms with Crippen molar-refractivity contribution in [3.63, 3.8) is 0 Å². The third-order valence-electron chi connectivity index (χ3n) is 2.79. The van der Waals surface area contributed by atoms with Gasteiger partial charge in [0.05, 0.1) is 0 Å². The number of rotatable bonds is 7. The standard InChI is InChI=1S/C15H24ClNS/c1-5-12(4)18-15-7-6-14(16)8-13(15)10-17-9-11(2)3/h6-8,11-12,17H,5,9-10H2,1-4H3. The molecule has 1 unspecified atom stereocenters. The Morgan fingerprint density at radius 3 is 2.61 bits per heavy atom. The number of hydrogen-bond acceptors (Lipinski definition) is 2. The van der Waals surface area contributed by atoms with Gasteiger partial charge in [-0.1, -0.05) is 39.3 Å². The Hall–Kier alpha value is -0.180. The predicted molar refractivity (Wildman–Crippen MR) is 83.6 cm³/mol. The summed E-state index contributed by atoms with van der Waals surface area (Å²) >= 11 is 8.03. The minimum atomic E-state index is 0.648. The fourth-order valence-electron chi connectivity index (χ4n) is 1.60. The molecule has 0 spiro atoms. The topological polar surface area (TPSA) is 12.0 Å². The Balaban J connectivity index is 2.70. The van der Waals surface area contributed by atoms with Crippen LogP contribution in [0, 0.1) is 5.92 Å². The predicted octanol–water partition coefficient (Wildman–Crippen LogP) is 4.98. The quantitative estimate of drug-likeness (QED) is 0.710. The van der Waals surface area contributed by atoms with Crippen molar-refractivity contribution in [2.24, 2.45) is 5.92 Å². The fraction of sp³-hybridized carbons (Fsp3) is 0.600. The molecule has 102 valence electrons. The molecule has 1 aromatic carbocycles. The molecular formula is C15H24ClNS. The first-order valence-corrected chi connectivity index (χ1v) is 7.94. The van der Waals surface area contributed by atoms with Crippen molar-refractivity contribution in [1.82, 2.24) is 5.32 Å². The van der Waals surface area contributed by atoms with Gasteiger partial charge in [-0.05, 0) is 42.6 Å². The van der Waals surface area contributed by atoms with Crippen LogP contribution in [0.2, 0.25) is 5.02 Å². The summed E-state index contributed by atoms with van der Waals surface area (Å²) in [5.41, 5.74) is 1.31. The van der Waals surface area contributed by atoms with E-state index >= 15 is 0 Å². The third-order valence-corrected chi connectivity index (χ3v) is 4.42. The first-order valence-electron chi connectivity index (χ1n) is 6.68. The van der Waals surface area contributed by atoms with Gasteiger partial charge in [-0.25, -0.2) is 0 Å². The molecule has 0 radical (unpaired) electrons. The van der Waals surface area contributed by atoms with Crippen LogP contribution in [0.1, 0.15) is 39.7 Å². The van der Waals surface area contributed by atoms with Crippen LogP contribution in [0.15, 0.2) is 23.1 Å². The van der Waals surface area contributed by atoms with Gasteiger partial charge in [-0.2, -0.15) is 0 Å². The van der Waals surface area contributed by atoms with E-state index in [4.69, 9.17) is 11.6 Å². The van der Waals surface area contributed by atoms with E-state index in [0.717, 1.165) is 18.1 Å². The lowest BCUT2D eigenvalue weighted by molar-refractivity contribution is 0.550. The Kier molecular flexibility index (Phi) is 7.13. The smallest absolute Gasteiger partial charge is 0.0410 e. The molecule has 1 atom stereocenters. The van der Waals surface area contributed by atoms with Crippen molar-refractivity contribution < 1.29 is 0 Å². The van der Waals surface area contributed by atoms with Crippen LogP contribution < -0.4 is 5.32 Å². The molecule has 1 N–H and O–H groups in total. The molecule has 0 aliphatic carbocycles. The zero-order valence-electron chi connectivity index (χ0n) is 11.8. The van der Waals surface area contributed by atoms with E-state index in [0.29, 0.717) is 11.2 Å². The molecule has 0 aliphatic heterocycles. The first kappa shape index (κ1) is 15.9. The van der Waals surface area contributed by atoms with Gasteiger partial charge in [0.15, 0.2) is 0 Å². The zero-order valence-corrected chi connectivity index (χ0v) is 13.4. The lowest BCUT2D eigenvalue weighted by Crippen LogP contribution is -2.19. The Morgan fingerprint density at radius 1 is 1.28 bits per heavy atom. The van der Waals surface area contributed by atoms with Gasteiger partial charge in [0.2, 0.25) is 0 Å². The van der Waals surface area contributed by atoms with Crippen LogP contribution in [-0.4, -0.2) is 11.8 Å². The maximum Gasteiger partial charge on any atom is 0.0410 e. The van der Waals surface area contributed by atoms with Gasteiger partial charge in [0, 0.05) is 21.7 Å². The molecule has 0 aliphatic rings. The Labute approximate surface area is 121 Å². The summed E-state index contributed by atoms with van der Waals surface area (Å²) in [6, 6.07) is 6.21. The van der Waals surface area contributed by atoms with Crippen LogP contribution >= 0.6 is 23.4 Å². The van der Waals surface area contributed by atoms with Gasteiger partial charge < -0.3 is 5.32 Å². The summed E-state index contributed by atoms with van der Waals surface area (Å²) in [5.74, 6) is 0.676. The van der Waals surface area contributed by atoms with E-state index in [1.165, 1.54) is 16.9 Å². The number of benzene rings is 1. The number of nitrogens with one attached hydrogen (secondary N) is 1. The highest BCUT2D eigenvalue weighted by molar-refractivity contribution is 8.00. The van der Waals surface area contributed by atoms with E-state index in [9.17, 15) is 0 Å². The van der Waals surface area contributed by atoms with Gasteiger partial charge in [0.25, 0.3) is 0 Å². The van der Waals surface area contributed by atoms with Crippen molar-refractivity contribution >= 4 is 23.4 Å². The second kappa shape index (κ2) is 8.08. The van der Waals surface area contributed by atoms with E-state index in [1.54, 1.807) is 0 Å². The Bertz CT molecular complexity index is 366. The van der Waals surface area contributed by atoms with Crippen molar-refractivity contribution in [1.29, 1.82) is 0 Å². The highest BCUT2D eigenvalue weighted by Gasteiger charge is 2.08. The van der Waals surface area contributed by atoms with Crippen LogP contribution in [0.4, 0.5) is 0 Å². The largest absolute Gasteiger partial charge is 0.312 e. The average Bonchev–Trinajstić information content (AvgIpc) is 2.31. The van der Waals surface area contributed by atoms with E-state index in [2.05, 4.69) is 45.1 Å². The van der Waals surface area contributed by atoms with E-state index in [1.807, 2.05) is 17.8 Å². The second-order valence-electron chi connectivity index (χ2n) is 5.11. The second-order valence-corrected chi connectivity index (χ2v) is 7.03. The summed E-state index contributed by atoms with van der Waals surface area (Å²) in [7, 11) is 0. The SMILES string of the molecule is CCC(C)Sc1ccc(Cl)cc1CNCC(C)C. The zero-order chi connectivity index (χ0) is 13.5. The lowest BCUT2D eigenvalue weighted by atomic mass is 10.2. The highest BCUT2D eigenvalue weighted by Crippen LogP contribution is 2.30. The van der Waals surface area contributed by atoms with Gasteiger partial charge in [0.1, 0.15) is 0 Å². The van der Waals surface area contributed by atoms with Crippen molar-refractivity contribution in [3.8, 4) is 0 Å². The monoisotopic (exact) mass is 285 g/mol. The van der Waals surface area contributed by atoms with E-state index < -0.39 is 0 Å². The van der Waals surface area contributed by atoms with Gasteiger partial charge >= 0.3 is 0 Å². The summed E-state index contributed by atoms with van der Waals surface area (Å²) in [6.45, 7) is 10.9. The maximum absolute atomic E-state index is 6.09. The van der Waals surface area contributed by atoms with Crippen molar-refractivity contribution in [3.05, 3.63) is 28.8 Å². The summed E-state index contributed by atoms with van der Waals surface area (Å²) in [4.78, 5) is 1.35. The molecule has 1 nitrogen and oxygen atoms in total. The molecule has 0 aromatic heterocycles. The van der Waals surface area contributed by atoms with E-state index in [-0.39, 0.29) is 0 Å². The van der Waals surface area contributed by atoms with Gasteiger partial charge in [-0.3, -0.25) is 0 Å². The number of hydrogen-bond donors (Lipinski definition) is 1. The van der Waals surface area contributed by atoms with Crippen LogP contribution in [-0.2, 0) is 6.54 Å². The number of thioether (sulfide) groups is 1. The lowest BCUT2D eigenvalue weighted by Gasteiger charge is -2.14. The van der Waals surface area contributed by atoms with Crippen LogP contribution in [0.25, 0.3) is 0 Å². The minimum absolute atomic E-state index is 0.648. The Morgan fingerprint density at radius 2 is 2.00 bits per heavy atom. The molecular weight excluding hydrogens is 262 g/mol. The summed E-state index contributed by atoms with van der Waals surface area (Å²) < 4.78 is 0. The van der Waals surface area contributed by atoms with Crippen molar-refractivity contribution in [2.45, 2.75) is 50.8 Å². The van der Waals surface area contributed by atoms with Crippen LogP contribution in [0.5, 0.6) is 0 Å².